The van der Waals surface area contributed by atoms with Gasteiger partial charge in [-0.25, -0.2) is 18.2 Å². The fourth-order valence-electron chi connectivity index (χ4n) is 2.63. The van der Waals surface area contributed by atoms with Crippen molar-refractivity contribution in [3.8, 4) is 5.75 Å². The largest absolute Gasteiger partial charge is 0.497 e. The molecular weight excluding hydrogens is 428 g/mol. The minimum absolute atomic E-state index is 0.127. The Morgan fingerprint density at radius 3 is 2.53 bits per heavy atom. The molecule has 0 fully saturated rings. The number of benzene rings is 2. The second-order valence-corrected chi connectivity index (χ2v) is 9.35. The molecule has 158 valence electrons. The van der Waals surface area contributed by atoms with E-state index >= 15 is 0 Å². The van der Waals surface area contributed by atoms with E-state index in [9.17, 15) is 18.0 Å². The summed E-state index contributed by atoms with van der Waals surface area (Å²) in [6, 6.07) is 10.9. The molecule has 1 heterocycles. The summed E-state index contributed by atoms with van der Waals surface area (Å²) >= 11 is 1.19. The fraction of sp³-hybridized carbons (Fsp3) is 0.250. The van der Waals surface area contributed by atoms with Gasteiger partial charge in [0.1, 0.15) is 5.75 Å². The van der Waals surface area contributed by atoms with Crippen LogP contribution in [0.5, 0.6) is 5.75 Å². The number of thiazole rings is 1. The predicted octanol–water partition coefficient (Wildman–Crippen LogP) is 3.28. The molecule has 0 aliphatic heterocycles. The molecule has 2 aromatic carbocycles. The molecule has 0 spiro atoms. The second-order valence-electron chi connectivity index (χ2n) is 6.21. The van der Waals surface area contributed by atoms with Crippen LogP contribution >= 0.6 is 11.3 Å². The van der Waals surface area contributed by atoms with Gasteiger partial charge in [0.2, 0.25) is 5.91 Å². The molecule has 0 saturated heterocycles. The molecule has 0 unspecified atom stereocenters. The number of rotatable bonds is 8. The molecule has 30 heavy (non-hydrogen) atoms. The normalized spacial score (nSPS) is 11.3. The first-order chi connectivity index (χ1) is 14.3. The van der Waals surface area contributed by atoms with Crippen LogP contribution in [0.4, 0.5) is 5.13 Å². The first kappa shape index (κ1) is 21.7. The van der Waals surface area contributed by atoms with Crippen molar-refractivity contribution in [2.24, 2.45) is 0 Å². The van der Waals surface area contributed by atoms with Crippen molar-refractivity contribution in [1.82, 2.24) is 4.98 Å². The van der Waals surface area contributed by atoms with Crippen LogP contribution in [0.1, 0.15) is 23.7 Å². The summed E-state index contributed by atoms with van der Waals surface area (Å²) in [5.41, 5.74) is 1.02. The maximum atomic E-state index is 12.4. The quantitative estimate of drug-likeness (QED) is 0.526. The third-order valence-electron chi connectivity index (χ3n) is 4.16. The molecule has 3 rings (SSSR count). The van der Waals surface area contributed by atoms with E-state index in [4.69, 9.17) is 9.47 Å². The Bertz CT molecular complexity index is 1170. The van der Waals surface area contributed by atoms with Crippen LogP contribution in [0, 0.1) is 0 Å². The SMILES string of the molecule is CCOC(=O)c1ccc2nc(NC(=O)CCS(=O)(=O)c3ccc(OC)cc3)sc2c1. The molecule has 0 aliphatic rings. The van der Waals surface area contributed by atoms with Crippen LogP contribution in [0.2, 0.25) is 0 Å². The number of nitrogens with zero attached hydrogens (tertiary/aromatic N) is 1. The van der Waals surface area contributed by atoms with Gasteiger partial charge in [-0.1, -0.05) is 11.3 Å². The Morgan fingerprint density at radius 1 is 1.13 bits per heavy atom. The number of carbonyl (C=O) groups is 2. The minimum atomic E-state index is -3.60. The predicted molar refractivity (Wildman–Crippen MR) is 114 cm³/mol. The van der Waals surface area contributed by atoms with Gasteiger partial charge < -0.3 is 14.8 Å². The summed E-state index contributed by atoms with van der Waals surface area (Å²) in [6.07, 6.45) is -0.210. The molecule has 8 nitrogen and oxygen atoms in total. The lowest BCUT2D eigenvalue weighted by Crippen LogP contribution is -2.17. The van der Waals surface area contributed by atoms with Crippen LogP contribution in [0.25, 0.3) is 10.2 Å². The van der Waals surface area contributed by atoms with Crippen LogP contribution in [-0.4, -0.2) is 44.7 Å². The fourth-order valence-corrected chi connectivity index (χ4v) is 4.79. The zero-order chi connectivity index (χ0) is 21.7. The van der Waals surface area contributed by atoms with Crippen molar-refractivity contribution in [3.05, 3.63) is 48.0 Å². The van der Waals surface area contributed by atoms with E-state index in [2.05, 4.69) is 10.3 Å². The molecule has 1 aromatic heterocycles. The number of ether oxygens (including phenoxy) is 2. The average Bonchev–Trinajstić information content (AvgIpc) is 3.14. The molecule has 0 saturated carbocycles. The van der Waals surface area contributed by atoms with E-state index in [0.29, 0.717) is 26.7 Å². The monoisotopic (exact) mass is 448 g/mol. The van der Waals surface area contributed by atoms with Crippen molar-refractivity contribution in [2.75, 3.05) is 24.8 Å². The highest BCUT2D eigenvalue weighted by Crippen LogP contribution is 2.27. The standard InChI is InChI=1S/C20H20N2O6S2/c1-3-28-19(24)13-4-9-16-17(12-13)29-20(21-16)22-18(23)10-11-30(25,26)15-7-5-14(27-2)6-8-15/h4-9,12H,3,10-11H2,1-2H3,(H,21,22,23). The Labute approximate surface area is 177 Å². The van der Waals surface area contributed by atoms with E-state index in [0.717, 1.165) is 0 Å². The van der Waals surface area contributed by atoms with Gasteiger partial charge in [-0.15, -0.1) is 0 Å². The Kier molecular flexibility index (Phi) is 6.68. The number of methoxy groups -OCH3 is 1. The van der Waals surface area contributed by atoms with Crippen molar-refractivity contribution in [1.29, 1.82) is 0 Å². The highest BCUT2D eigenvalue weighted by molar-refractivity contribution is 7.91. The minimum Gasteiger partial charge on any atom is -0.497 e. The van der Waals surface area contributed by atoms with Gasteiger partial charge in [0.05, 0.1) is 40.1 Å². The summed E-state index contributed by atoms with van der Waals surface area (Å²) in [6.45, 7) is 2.01. The van der Waals surface area contributed by atoms with Crippen molar-refractivity contribution < 1.29 is 27.5 Å². The molecule has 0 bridgehead atoms. The lowest BCUT2D eigenvalue weighted by molar-refractivity contribution is -0.115. The van der Waals surface area contributed by atoms with Crippen molar-refractivity contribution in [3.63, 3.8) is 0 Å². The smallest absolute Gasteiger partial charge is 0.338 e. The van der Waals surface area contributed by atoms with Crippen molar-refractivity contribution in [2.45, 2.75) is 18.2 Å². The maximum Gasteiger partial charge on any atom is 0.338 e. The molecule has 1 amide bonds. The molecule has 0 atom stereocenters. The Hall–Kier alpha value is -2.98. The van der Waals surface area contributed by atoms with Gasteiger partial charge in [-0.2, -0.15) is 0 Å². The number of carbonyl (C=O) groups excluding carboxylic acids is 2. The number of nitrogens with one attached hydrogen (secondary N) is 1. The maximum absolute atomic E-state index is 12.4. The first-order valence-electron chi connectivity index (χ1n) is 9.07. The van der Waals surface area contributed by atoms with Crippen LogP contribution < -0.4 is 10.1 Å². The molecule has 1 N–H and O–H groups in total. The van der Waals surface area contributed by atoms with Crippen LogP contribution in [0.15, 0.2) is 47.4 Å². The number of fused-ring (bicyclic) bond motifs is 1. The van der Waals surface area contributed by atoms with Gasteiger partial charge in [-0.3, -0.25) is 4.79 Å². The van der Waals surface area contributed by atoms with E-state index in [1.165, 1.54) is 30.6 Å². The van der Waals surface area contributed by atoms with Gasteiger partial charge >= 0.3 is 5.97 Å². The van der Waals surface area contributed by atoms with E-state index in [1.807, 2.05) is 0 Å². The summed E-state index contributed by atoms with van der Waals surface area (Å²) < 4.78 is 35.5. The highest BCUT2D eigenvalue weighted by Gasteiger charge is 2.18. The Balaban J connectivity index is 1.63. The van der Waals surface area contributed by atoms with E-state index < -0.39 is 21.7 Å². The van der Waals surface area contributed by atoms with E-state index in [1.54, 1.807) is 37.3 Å². The second kappa shape index (κ2) is 9.23. The summed E-state index contributed by atoms with van der Waals surface area (Å²) in [5, 5.41) is 2.95. The number of amides is 1. The summed E-state index contributed by atoms with van der Waals surface area (Å²) in [7, 11) is -2.11. The van der Waals surface area contributed by atoms with Gasteiger partial charge in [0.25, 0.3) is 0 Å². The number of anilines is 1. The van der Waals surface area contributed by atoms with Gasteiger partial charge in [-0.05, 0) is 49.4 Å². The summed E-state index contributed by atoms with van der Waals surface area (Å²) in [5.74, 6) is -0.671. The Morgan fingerprint density at radius 2 is 1.87 bits per heavy atom. The lowest BCUT2D eigenvalue weighted by Gasteiger charge is -2.06. The molecular formula is C20H20N2O6S2. The van der Waals surface area contributed by atoms with Crippen LogP contribution in [-0.2, 0) is 19.4 Å². The number of esters is 1. The van der Waals surface area contributed by atoms with Gasteiger partial charge in [0, 0.05) is 6.42 Å². The third-order valence-corrected chi connectivity index (χ3v) is 6.83. The third kappa shape index (κ3) is 5.14. The molecule has 0 radical (unpaired) electrons. The topological polar surface area (TPSA) is 112 Å². The van der Waals surface area contributed by atoms with Gasteiger partial charge in [0.15, 0.2) is 15.0 Å². The zero-order valence-electron chi connectivity index (χ0n) is 16.4. The highest BCUT2D eigenvalue weighted by atomic mass is 32.2. The summed E-state index contributed by atoms with van der Waals surface area (Å²) in [4.78, 5) is 28.5. The number of sulfone groups is 1. The van der Waals surface area contributed by atoms with E-state index in [-0.39, 0.29) is 23.7 Å². The first-order valence-corrected chi connectivity index (χ1v) is 11.5. The zero-order valence-corrected chi connectivity index (χ0v) is 18.0. The lowest BCUT2D eigenvalue weighted by atomic mass is 10.2. The molecule has 0 aliphatic carbocycles. The number of aromatic nitrogens is 1. The molecule has 3 aromatic rings. The van der Waals surface area contributed by atoms with Crippen LogP contribution in [0.3, 0.4) is 0 Å². The average molecular weight is 449 g/mol. The van der Waals surface area contributed by atoms with Crippen molar-refractivity contribution >= 4 is 48.4 Å². The molecule has 10 heteroatoms. The number of hydrogen-bond donors (Lipinski definition) is 1. The number of hydrogen-bond acceptors (Lipinski definition) is 8.